The van der Waals surface area contributed by atoms with E-state index >= 15 is 0 Å². The Bertz CT molecular complexity index is 3610. The first-order chi connectivity index (χ1) is 37.1. The molecule has 1 aliphatic carbocycles. The molecular formula is C62H64BrClN9O2S3+. The summed E-state index contributed by atoms with van der Waals surface area (Å²) in [6, 6.07) is 45.8. The largest absolute Gasteiger partial charge is 0.377 e. The number of ketones is 1. The molecule has 11 rings (SSSR count). The maximum absolute atomic E-state index is 11.9. The Labute approximate surface area is 483 Å². The van der Waals surface area contributed by atoms with Crippen LogP contribution in [0.25, 0.3) is 37.5 Å². The van der Waals surface area contributed by atoms with Gasteiger partial charge in [0.05, 0.1) is 37.0 Å². The summed E-state index contributed by atoms with van der Waals surface area (Å²) in [6.07, 6.45) is 13.6. The van der Waals surface area contributed by atoms with E-state index in [0.29, 0.717) is 21.8 Å². The van der Waals surface area contributed by atoms with Gasteiger partial charge in [-0.2, -0.15) is 5.10 Å². The van der Waals surface area contributed by atoms with Crippen molar-refractivity contribution in [3.8, 4) is 28.1 Å². The number of aryl methyl sites for hydroxylation is 1. The first-order valence-electron chi connectivity index (χ1n) is 25.2. The first kappa shape index (κ1) is 58.8. The number of nitrogen functional groups attached to an aromatic ring is 1. The molecule has 1 unspecified atom stereocenters. The molecule has 10 aromatic rings. The molecule has 0 saturated heterocycles. The SMILES string of the molecule is C.CC(C)(C)C(C)(O)C#Cc1ccccc1.Cc1ccc2nc(-c3ccc(N=Cc4ccc(Br)s4)cc3)sc2c1.Nc1scc[n+]1CC(=O)c1ccc(Cl)cc1.c1ccc(-n2ncc3c(NC4CCCCC4)ncnc32)cc1. The average molecular weight is 1180 g/mol. The van der Waals surface area contributed by atoms with Gasteiger partial charge in [0.15, 0.2) is 12.2 Å². The highest BCUT2D eigenvalue weighted by molar-refractivity contribution is 9.11. The van der Waals surface area contributed by atoms with Crippen molar-refractivity contribution in [1.82, 2.24) is 24.7 Å². The number of hydrogen-bond acceptors (Lipinski definition) is 12. The zero-order chi connectivity index (χ0) is 54.4. The van der Waals surface area contributed by atoms with Crippen LogP contribution >= 0.6 is 61.5 Å². The molecule has 0 spiro atoms. The minimum absolute atomic E-state index is 0. The molecule has 4 N–H and O–H groups in total. The topological polar surface area (TPSA) is 148 Å². The number of aliphatic hydroxyl groups is 1. The number of fused-ring (bicyclic) bond motifs is 2. The van der Waals surface area contributed by atoms with Gasteiger partial charge >= 0.3 is 5.13 Å². The predicted octanol–water partition coefficient (Wildman–Crippen LogP) is 16.0. The number of aromatic nitrogens is 6. The molecule has 1 saturated carbocycles. The monoisotopic (exact) mass is 1180 g/mol. The number of thiophene rings is 1. The van der Waals surface area contributed by atoms with Gasteiger partial charge in [0.1, 0.15) is 29.0 Å². The highest BCUT2D eigenvalue weighted by Crippen LogP contribution is 2.33. The molecule has 0 amide bonds. The number of nitrogens with zero attached hydrogens (tertiary/aromatic N) is 7. The van der Waals surface area contributed by atoms with Crippen LogP contribution in [0.2, 0.25) is 5.02 Å². The summed E-state index contributed by atoms with van der Waals surface area (Å²) in [4.78, 5) is 31.1. The van der Waals surface area contributed by atoms with Gasteiger partial charge in [-0.3, -0.25) is 15.5 Å². The number of Topliss-reactive ketones (excluding diaryl/α,β-unsaturated/α-hetero) is 1. The second kappa shape index (κ2) is 27.6. The number of aliphatic imine (C=N–C) groups is 1. The van der Waals surface area contributed by atoms with Crippen molar-refractivity contribution in [2.24, 2.45) is 10.4 Å². The van der Waals surface area contributed by atoms with Crippen LogP contribution in [0.5, 0.6) is 0 Å². The van der Waals surface area contributed by atoms with Crippen LogP contribution < -0.4 is 15.6 Å². The third kappa shape index (κ3) is 16.3. The zero-order valence-corrected chi connectivity index (χ0v) is 48.3. The lowest BCUT2D eigenvalue weighted by Gasteiger charge is -2.32. The molecule has 0 radical (unpaired) electrons. The molecule has 11 nitrogen and oxygen atoms in total. The number of carbonyl (C=O) groups excluding carboxylic acids is 1. The molecular weight excluding hydrogens is 1110 g/mol. The van der Waals surface area contributed by atoms with E-state index in [0.717, 1.165) is 58.5 Å². The van der Waals surface area contributed by atoms with E-state index in [1.165, 1.54) is 53.7 Å². The van der Waals surface area contributed by atoms with E-state index in [-0.39, 0.29) is 25.2 Å². The molecule has 5 aromatic carbocycles. The van der Waals surface area contributed by atoms with Crippen molar-refractivity contribution in [1.29, 1.82) is 0 Å². The van der Waals surface area contributed by atoms with E-state index in [1.54, 1.807) is 71.0 Å². The number of nitrogens with two attached hydrogens (primary N) is 1. The molecule has 0 aliphatic heterocycles. The molecule has 0 bridgehead atoms. The van der Waals surface area contributed by atoms with Crippen LogP contribution in [0.4, 0.5) is 16.6 Å². The first-order valence-corrected chi connectivity index (χ1v) is 28.9. The van der Waals surface area contributed by atoms with Gasteiger partial charge in [0.25, 0.3) is 0 Å². The molecule has 5 heterocycles. The highest BCUT2D eigenvalue weighted by atomic mass is 79.9. The molecule has 16 heteroatoms. The van der Waals surface area contributed by atoms with Crippen LogP contribution in [-0.4, -0.2) is 53.5 Å². The Hall–Kier alpha value is -6.90. The van der Waals surface area contributed by atoms with Gasteiger partial charge in [-0.15, -0.1) is 22.7 Å². The quantitative estimate of drug-likeness (QED) is 0.0560. The van der Waals surface area contributed by atoms with Crippen molar-refractivity contribution < 1.29 is 14.5 Å². The number of carbonyl (C=O) groups is 1. The fourth-order valence-electron chi connectivity index (χ4n) is 7.77. The van der Waals surface area contributed by atoms with Crippen molar-refractivity contribution >= 4 is 111 Å². The van der Waals surface area contributed by atoms with Gasteiger partial charge in [-0.25, -0.2) is 24.2 Å². The molecule has 1 fully saturated rings. The van der Waals surface area contributed by atoms with E-state index in [2.05, 4.69) is 96.5 Å². The van der Waals surface area contributed by atoms with Gasteiger partial charge in [-0.1, -0.05) is 125 Å². The second-order valence-electron chi connectivity index (χ2n) is 19.5. The third-order valence-electron chi connectivity index (χ3n) is 12.8. The smallest absolute Gasteiger partial charge is 0.332 e. The zero-order valence-electron chi connectivity index (χ0n) is 43.5. The molecule has 78 heavy (non-hydrogen) atoms. The second-order valence-corrected chi connectivity index (χ2v) is 24.4. The van der Waals surface area contributed by atoms with Crippen molar-refractivity contribution in [2.45, 2.75) is 92.3 Å². The van der Waals surface area contributed by atoms with E-state index in [4.69, 9.17) is 22.3 Å². The van der Waals surface area contributed by atoms with Crippen molar-refractivity contribution in [3.05, 3.63) is 194 Å². The Kier molecular flexibility index (Phi) is 20.8. The number of halogens is 2. The van der Waals surface area contributed by atoms with Crippen LogP contribution in [0.1, 0.15) is 93.6 Å². The molecule has 1 aliphatic rings. The highest BCUT2D eigenvalue weighted by Gasteiger charge is 2.33. The van der Waals surface area contributed by atoms with E-state index < -0.39 is 5.60 Å². The Morgan fingerprint density at radius 3 is 2.27 bits per heavy atom. The summed E-state index contributed by atoms with van der Waals surface area (Å²) < 4.78 is 5.94. The van der Waals surface area contributed by atoms with Crippen molar-refractivity contribution in [2.75, 3.05) is 11.1 Å². The number of anilines is 2. The van der Waals surface area contributed by atoms with Gasteiger partial charge in [0.2, 0.25) is 5.78 Å². The maximum atomic E-state index is 11.9. The number of para-hydroxylation sites is 1. The number of benzene rings is 5. The number of thiazole rings is 2. The fourth-order valence-corrected chi connectivity index (χ4v) is 10.9. The average Bonchev–Trinajstić information content (AvgIpc) is 4.28. The molecule has 400 valence electrons. The Balaban J connectivity index is 0.000000153. The van der Waals surface area contributed by atoms with Crippen molar-refractivity contribution in [3.63, 3.8) is 0 Å². The summed E-state index contributed by atoms with van der Waals surface area (Å²) in [6.45, 7) is 10.1. The standard InChI is InChI=1S/C19H13BrN2S2.C17H19N5.C14H18O.C11H9ClN2OS.CH4/c1-12-2-8-16-17(10-12)24-19(22-16)13-3-5-14(6-4-13)21-11-15-7-9-18(20)23-15;1-3-7-13(8-4-1)21-16-15-11-20-22(17(15)19-12-18-16)14-9-5-2-6-10-14;1-13(2,3)14(4,15)11-10-12-8-6-5-7-9-12;12-9-3-1-8(2-4-9)10(15)7-14-5-6-16-11(14)13;/h2-11H,1H3;2,5-6,9-13H,1,3-4,7-8H2,(H,18,19,21);5-9,15H,1-4H3;1-6,13H,7H2;1H4/p+1. The summed E-state index contributed by atoms with van der Waals surface area (Å²) in [5.41, 5.74) is 12.3. The Morgan fingerprint density at radius 2 is 1.62 bits per heavy atom. The lowest BCUT2D eigenvalue weighted by atomic mass is 9.78. The number of hydrogen-bond donors (Lipinski definition) is 3. The molecule has 1 atom stereocenters. The third-order valence-corrected chi connectivity index (χ3v) is 16.4. The normalized spacial score (nSPS) is 13.1. The van der Waals surface area contributed by atoms with E-state index in [1.807, 2.05) is 122 Å². The molecule has 5 aromatic heterocycles. The van der Waals surface area contributed by atoms with Crippen LogP contribution in [-0.2, 0) is 6.54 Å². The minimum atomic E-state index is -0.969. The maximum Gasteiger partial charge on any atom is 0.332 e. The van der Waals surface area contributed by atoms with Gasteiger partial charge in [-0.05, 0) is 145 Å². The number of nitrogens with one attached hydrogen (secondary N) is 1. The predicted molar refractivity (Wildman–Crippen MR) is 331 cm³/mol. The van der Waals surface area contributed by atoms with Gasteiger partial charge < -0.3 is 10.4 Å². The van der Waals surface area contributed by atoms with Crippen LogP contribution in [0.15, 0.2) is 172 Å². The number of rotatable bonds is 9. The van der Waals surface area contributed by atoms with Crippen LogP contribution in [0, 0.1) is 24.2 Å². The Morgan fingerprint density at radius 1 is 0.910 bits per heavy atom. The fraction of sp³-hybridized carbons (Fsp3) is 0.242. The summed E-state index contributed by atoms with van der Waals surface area (Å²) in [5.74, 6) is 6.83. The van der Waals surface area contributed by atoms with Crippen LogP contribution in [0.3, 0.4) is 0 Å². The summed E-state index contributed by atoms with van der Waals surface area (Å²) >= 11 is 14.0. The minimum Gasteiger partial charge on any atom is -0.377 e. The lowest BCUT2D eigenvalue weighted by molar-refractivity contribution is -0.664. The lowest BCUT2D eigenvalue weighted by Crippen LogP contribution is -2.38. The summed E-state index contributed by atoms with van der Waals surface area (Å²) in [5, 5.41) is 23.4. The van der Waals surface area contributed by atoms with E-state index in [9.17, 15) is 9.90 Å². The van der Waals surface area contributed by atoms with Gasteiger partial charge in [0, 0.05) is 49.6 Å². The summed E-state index contributed by atoms with van der Waals surface area (Å²) in [7, 11) is 0.